The number of rotatable bonds is 6. The number of aromatic nitrogens is 2. The Kier molecular flexibility index (Phi) is 5.04. The normalized spacial score (nSPS) is 12.1. The smallest absolute Gasteiger partial charge is 0.0718 e. The summed E-state index contributed by atoms with van der Waals surface area (Å²) in [7, 11) is 2.03. The summed E-state index contributed by atoms with van der Waals surface area (Å²) in [5, 5.41) is 14.6. The van der Waals surface area contributed by atoms with Crippen LogP contribution in [0.15, 0.2) is 30.3 Å². The van der Waals surface area contributed by atoms with Crippen LogP contribution in [-0.2, 0) is 13.1 Å². The summed E-state index contributed by atoms with van der Waals surface area (Å²) in [6.07, 6.45) is 0. The molecular formula is C18H27N3O. The van der Waals surface area contributed by atoms with Crippen molar-refractivity contribution in [3.05, 3.63) is 52.8 Å². The third-order valence-electron chi connectivity index (χ3n) is 3.79. The monoisotopic (exact) mass is 301 g/mol. The Labute approximate surface area is 133 Å². The van der Waals surface area contributed by atoms with E-state index in [0.717, 1.165) is 18.8 Å². The molecule has 0 aliphatic carbocycles. The summed E-state index contributed by atoms with van der Waals surface area (Å²) in [6.45, 7) is 10.1. The maximum Gasteiger partial charge on any atom is 0.0718 e. The largest absolute Gasteiger partial charge is 0.389 e. The molecule has 4 heteroatoms. The summed E-state index contributed by atoms with van der Waals surface area (Å²) in [4.78, 5) is 2.14. The molecule has 1 N–H and O–H groups in total. The lowest BCUT2D eigenvalue weighted by Crippen LogP contribution is -2.36. The Morgan fingerprint density at radius 3 is 2.41 bits per heavy atom. The van der Waals surface area contributed by atoms with Gasteiger partial charge in [0.1, 0.15) is 0 Å². The highest BCUT2D eigenvalue weighted by Crippen LogP contribution is 2.17. The van der Waals surface area contributed by atoms with E-state index >= 15 is 0 Å². The van der Waals surface area contributed by atoms with Crippen LogP contribution in [0.1, 0.15) is 36.4 Å². The molecule has 1 aromatic carbocycles. The van der Waals surface area contributed by atoms with E-state index in [1.807, 2.05) is 27.0 Å². The summed E-state index contributed by atoms with van der Waals surface area (Å²) >= 11 is 0. The third-order valence-corrected chi connectivity index (χ3v) is 3.79. The number of aliphatic hydroxyl groups is 1. The van der Waals surface area contributed by atoms with Crippen LogP contribution in [0.3, 0.4) is 0 Å². The molecule has 120 valence electrons. The summed E-state index contributed by atoms with van der Waals surface area (Å²) in [5.41, 5.74) is 4.09. The zero-order valence-electron chi connectivity index (χ0n) is 14.3. The zero-order chi connectivity index (χ0) is 16.3. The molecule has 0 saturated heterocycles. The molecule has 1 heterocycles. The van der Waals surface area contributed by atoms with Crippen LogP contribution < -0.4 is 0 Å². The van der Waals surface area contributed by atoms with Gasteiger partial charge in [-0.05, 0) is 40.3 Å². The molecule has 1 aromatic heterocycles. The van der Waals surface area contributed by atoms with Crippen LogP contribution in [0.5, 0.6) is 0 Å². The summed E-state index contributed by atoms with van der Waals surface area (Å²) < 4.78 is 2.07. The van der Waals surface area contributed by atoms with Gasteiger partial charge >= 0.3 is 0 Å². The van der Waals surface area contributed by atoms with Crippen LogP contribution in [0.25, 0.3) is 0 Å². The average molecular weight is 301 g/mol. The summed E-state index contributed by atoms with van der Waals surface area (Å²) in [6, 6.07) is 10.4. The van der Waals surface area contributed by atoms with Crippen molar-refractivity contribution in [1.82, 2.24) is 14.7 Å². The second-order valence-electron chi connectivity index (χ2n) is 6.78. The van der Waals surface area contributed by atoms with Gasteiger partial charge in [0.25, 0.3) is 0 Å². The number of nitrogens with zero attached hydrogens (tertiary/aromatic N) is 3. The van der Waals surface area contributed by atoms with Gasteiger partial charge in [-0.2, -0.15) is 5.10 Å². The predicted octanol–water partition coefficient (Wildman–Crippen LogP) is 2.75. The second-order valence-corrected chi connectivity index (χ2v) is 6.78. The highest BCUT2D eigenvalue weighted by Gasteiger charge is 2.18. The van der Waals surface area contributed by atoms with Gasteiger partial charge in [0, 0.05) is 24.3 Å². The van der Waals surface area contributed by atoms with Gasteiger partial charge in [0.15, 0.2) is 0 Å². The lowest BCUT2D eigenvalue weighted by atomic mass is 10.1. The topological polar surface area (TPSA) is 41.3 Å². The van der Waals surface area contributed by atoms with E-state index < -0.39 is 5.60 Å². The van der Waals surface area contributed by atoms with Gasteiger partial charge in [-0.25, -0.2) is 0 Å². The maximum absolute atomic E-state index is 9.94. The Balaban J connectivity index is 2.13. The molecule has 0 fully saturated rings. The first-order chi connectivity index (χ1) is 10.3. The minimum atomic E-state index is -0.684. The van der Waals surface area contributed by atoms with Crippen LogP contribution in [0.4, 0.5) is 0 Å². The molecule has 0 spiro atoms. The number of hydrogen-bond acceptors (Lipinski definition) is 3. The highest BCUT2D eigenvalue weighted by molar-refractivity contribution is 5.26. The Hall–Kier alpha value is -1.65. The van der Waals surface area contributed by atoms with E-state index in [1.54, 1.807) is 0 Å². The number of likely N-dealkylation sites (N-methyl/N-ethyl adjacent to an activating group) is 1. The third kappa shape index (κ3) is 4.42. The molecule has 2 rings (SSSR count). The Morgan fingerprint density at radius 2 is 1.82 bits per heavy atom. The SMILES string of the molecule is Cc1nn(Cc2ccccc2)c(C)c1CN(C)CC(C)(C)O. The number of hydrogen-bond donors (Lipinski definition) is 1. The molecule has 0 amide bonds. The van der Waals surface area contributed by atoms with Crippen LogP contribution >= 0.6 is 0 Å². The molecule has 0 saturated carbocycles. The van der Waals surface area contributed by atoms with E-state index in [2.05, 4.69) is 52.8 Å². The van der Waals surface area contributed by atoms with Gasteiger partial charge in [-0.15, -0.1) is 0 Å². The molecule has 0 bridgehead atoms. The molecular weight excluding hydrogens is 274 g/mol. The maximum atomic E-state index is 9.94. The molecule has 0 radical (unpaired) electrons. The van der Waals surface area contributed by atoms with Crippen molar-refractivity contribution in [2.75, 3.05) is 13.6 Å². The van der Waals surface area contributed by atoms with Crippen molar-refractivity contribution in [3.63, 3.8) is 0 Å². The lowest BCUT2D eigenvalue weighted by Gasteiger charge is -2.25. The fourth-order valence-electron chi connectivity index (χ4n) is 2.86. The number of benzene rings is 1. The zero-order valence-corrected chi connectivity index (χ0v) is 14.3. The minimum Gasteiger partial charge on any atom is -0.389 e. The quantitative estimate of drug-likeness (QED) is 0.892. The van der Waals surface area contributed by atoms with E-state index in [0.29, 0.717) is 6.54 Å². The Bertz CT molecular complexity index is 611. The predicted molar refractivity (Wildman–Crippen MR) is 89.9 cm³/mol. The van der Waals surface area contributed by atoms with Crippen molar-refractivity contribution < 1.29 is 5.11 Å². The van der Waals surface area contributed by atoms with Crippen LogP contribution in [0.2, 0.25) is 0 Å². The Morgan fingerprint density at radius 1 is 1.18 bits per heavy atom. The van der Waals surface area contributed by atoms with E-state index in [4.69, 9.17) is 0 Å². The molecule has 4 nitrogen and oxygen atoms in total. The molecule has 0 aliphatic rings. The molecule has 22 heavy (non-hydrogen) atoms. The lowest BCUT2D eigenvalue weighted by molar-refractivity contribution is 0.0423. The van der Waals surface area contributed by atoms with Crippen molar-refractivity contribution >= 4 is 0 Å². The van der Waals surface area contributed by atoms with Gasteiger partial charge < -0.3 is 5.11 Å². The molecule has 2 aromatic rings. The highest BCUT2D eigenvalue weighted by atomic mass is 16.3. The van der Waals surface area contributed by atoms with E-state index in [-0.39, 0.29) is 0 Å². The fraction of sp³-hybridized carbons (Fsp3) is 0.500. The standard InChI is InChI=1S/C18H27N3O/c1-14-17(12-20(5)13-18(3,4)22)15(2)21(19-14)11-16-9-7-6-8-10-16/h6-10,22H,11-13H2,1-5H3. The van der Waals surface area contributed by atoms with Crippen molar-refractivity contribution in [2.24, 2.45) is 0 Å². The van der Waals surface area contributed by atoms with Crippen molar-refractivity contribution in [3.8, 4) is 0 Å². The van der Waals surface area contributed by atoms with E-state index in [9.17, 15) is 5.11 Å². The van der Waals surface area contributed by atoms with Crippen LogP contribution in [-0.4, -0.2) is 39.0 Å². The fourth-order valence-corrected chi connectivity index (χ4v) is 2.86. The molecule has 0 unspecified atom stereocenters. The average Bonchev–Trinajstić information content (AvgIpc) is 2.66. The first-order valence-electron chi connectivity index (χ1n) is 7.74. The summed E-state index contributed by atoms with van der Waals surface area (Å²) in [5.74, 6) is 0. The van der Waals surface area contributed by atoms with Gasteiger partial charge in [0.05, 0.1) is 17.8 Å². The molecule has 0 aliphatic heterocycles. The van der Waals surface area contributed by atoms with Crippen molar-refractivity contribution in [1.29, 1.82) is 0 Å². The van der Waals surface area contributed by atoms with Gasteiger partial charge in [0.2, 0.25) is 0 Å². The number of aryl methyl sites for hydroxylation is 1. The second kappa shape index (κ2) is 6.63. The van der Waals surface area contributed by atoms with Gasteiger partial charge in [-0.1, -0.05) is 30.3 Å². The van der Waals surface area contributed by atoms with Gasteiger partial charge in [-0.3, -0.25) is 9.58 Å². The van der Waals surface area contributed by atoms with E-state index in [1.165, 1.54) is 16.8 Å². The first kappa shape index (κ1) is 16.7. The van der Waals surface area contributed by atoms with Crippen LogP contribution in [0, 0.1) is 13.8 Å². The first-order valence-corrected chi connectivity index (χ1v) is 7.74. The van der Waals surface area contributed by atoms with Crippen molar-refractivity contribution in [2.45, 2.75) is 46.4 Å². The minimum absolute atomic E-state index is 0.635. The molecule has 0 atom stereocenters.